The average Bonchev–Trinajstić information content (AvgIpc) is 2.15. The molecule has 0 aromatic carbocycles. The Morgan fingerprint density at radius 1 is 1.64 bits per heavy atom. The SMILES string of the molecule is C=CC(=O)C(C)[N+](C)(C)CCCON. The van der Waals surface area contributed by atoms with Gasteiger partial charge in [0, 0.05) is 6.42 Å². The van der Waals surface area contributed by atoms with Crippen LogP contribution in [0, 0.1) is 0 Å². The van der Waals surface area contributed by atoms with Crippen LogP contribution < -0.4 is 5.90 Å². The summed E-state index contributed by atoms with van der Waals surface area (Å²) < 4.78 is 0.633. The second-order valence-corrected chi connectivity index (χ2v) is 4.01. The highest BCUT2D eigenvalue weighted by Gasteiger charge is 2.27. The lowest BCUT2D eigenvalue weighted by Crippen LogP contribution is -2.51. The first-order chi connectivity index (χ1) is 6.45. The van der Waals surface area contributed by atoms with E-state index in [0.29, 0.717) is 11.1 Å². The molecule has 14 heavy (non-hydrogen) atoms. The Hall–Kier alpha value is -0.710. The minimum atomic E-state index is -0.0646. The van der Waals surface area contributed by atoms with Crippen LogP contribution in [-0.2, 0) is 9.63 Å². The van der Waals surface area contributed by atoms with Crippen molar-refractivity contribution in [3.05, 3.63) is 12.7 Å². The van der Waals surface area contributed by atoms with E-state index in [4.69, 9.17) is 5.90 Å². The highest BCUT2D eigenvalue weighted by Crippen LogP contribution is 2.09. The van der Waals surface area contributed by atoms with Gasteiger partial charge in [-0.3, -0.25) is 4.79 Å². The first-order valence-corrected chi connectivity index (χ1v) is 4.76. The summed E-state index contributed by atoms with van der Waals surface area (Å²) in [5.74, 6) is 5.00. The maximum absolute atomic E-state index is 11.4. The predicted molar refractivity (Wildman–Crippen MR) is 56.4 cm³/mol. The van der Waals surface area contributed by atoms with Crippen molar-refractivity contribution in [2.45, 2.75) is 19.4 Å². The van der Waals surface area contributed by atoms with Crippen molar-refractivity contribution in [2.24, 2.45) is 5.90 Å². The molecule has 4 heteroatoms. The molecule has 1 atom stereocenters. The zero-order valence-electron chi connectivity index (χ0n) is 9.32. The zero-order valence-corrected chi connectivity index (χ0v) is 9.32. The third-order valence-electron chi connectivity index (χ3n) is 2.66. The second kappa shape index (κ2) is 5.90. The van der Waals surface area contributed by atoms with Gasteiger partial charge in [-0.25, -0.2) is 5.90 Å². The topological polar surface area (TPSA) is 52.3 Å². The van der Waals surface area contributed by atoms with Gasteiger partial charge >= 0.3 is 0 Å². The van der Waals surface area contributed by atoms with E-state index in [2.05, 4.69) is 11.4 Å². The van der Waals surface area contributed by atoms with Crippen molar-refractivity contribution in [3.63, 3.8) is 0 Å². The fraction of sp³-hybridized carbons (Fsp3) is 0.700. The fourth-order valence-corrected chi connectivity index (χ4v) is 1.26. The number of hydrogen-bond acceptors (Lipinski definition) is 3. The van der Waals surface area contributed by atoms with Gasteiger partial charge < -0.3 is 9.32 Å². The average molecular weight is 201 g/mol. The van der Waals surface area contributed by atoms with Crippen molar-refractivity contribution in [1.29, 1.82) is 0 Å². The molecule has 2 N–H and O–H groups in total. The van der Waals surface area contributed by atoms with E-state index in [1.54, 1.807) is 0 Å². The molecule has 0 saturated carbocycles. The minimum Gasteiger partial charge on any atom is -0.320 e. The largest absolute Gasteiger partial charge is 0.320 e. The molecule has 0 aliphatic rings. The number of quaternary nitrogens is 1. The maximum atomic E-state index is 11.4. The number of hydrogen-bond donors (Lipinski definition) is 1. The number of nitrogens with zero attached hydrogens (tertiary/aromatic N) is 1. The van der Waals surface area contributed by atoms with Crippen LogP contribution in [0.4, 0.5) is 0 Å². The standard InChI is InChI=1S/C10H21N2O2/c1-5-10(13)9(2)12(3,4)7-6-8-14-11/h5,9H,1,6-8,11H2,2-4H3/q+1. The lowest BCUT2D eigenvalue weighted by Gasteiger charge is -2.34. The van der Waals surface area contributed by atoms with Crippen molar-refractivity contribution < 1.29 is 14.1 Å². The fourth-order valence-electron chi connectivity index (χ4n) is 1.26. The summed E-state index contributed by atoms with van der Waals surface area (Å²) in [5.41, 5.74) is 0. The van der Waals surface area contributed by atoms with Gasteiger partial charge in [-0.1, -0.05) is 6.58 Å². The Morgan fingerprint density at radius 3 is 2.64 bits per heavy atom. The summed E-state index contributed by atoms with van der Waals surface area (Å²) in [6, 6.07) is -0.0646. The predicted octanol–water partition coefficient (Wildman–Crippen LogP) is 0.487. The van der Waals surface area contributed by atoms with Gasteiger partial charge in [0.1, 0.15) is 6.04 Å². The number of carbonyl (C=O) groups excluding carboxylic acids is 1. The molecule has 0 spiro atoms. The van der Waals surface area contributed by atoms with Gasteiger partial charge in [0.15, 0.2) is 0 Å². The molecule has 0 heterocycles. The number of ketones is 1. The number of nitrogens with two attached hydrogens (primary N) is 1. The summed E-state index contributed by atoms with van der Waals surface area (Å²) in [5, 5.41) is 0. The molecule has 0 aromatic rings. The number of likely N-dealkylation sites (N-methyl/N-ethyl adjacent to an activating group) is 1. The van der Waals surface area contributed by atoms with E-state index in [9.17, 15) is 4.79 Å². The van der Waals surface area contributed by atoms with Crippen molar-refractivity contribution in [1.82, 2.24) is 0 Å². The van der Waals surface area contributed by atoms with Gasteiger partial charge in [0.2, 0.25) is 5.78 Å². The Morgan fingerprint density at radius 2 is 2.21 bits per heavy atom. The second-order valence-electron chi connectivity index (χ2n) is 4.01. The molecule has 4 nitrogen and oxygen atoms in total. The molecule has 0 aromatic heterocycles. The van der Waals surface area contributed by atoms with Crippen LogP contribution in [0.2, 0.25) is 0 Å². The number of carbonyl (C=O) groups is 1. The molecule has 0 aliphatic carbocycles. The lowest BCUT2D eigenvalue weighted by atomic mass is 10.1. The van der Waals surface area contributed by atoms with Crippen LogP contribution in [0.3, 0.4) is 0 Å². The third kappa shape index (κ3) is 4.00. The van der Waals surface area contributed by atoms with E-state index in [-0.39, 0.29) is 11.8 Å². The summed E-state index contributed by atoms with van der Waals surface area (Å²) in [6.07, 6.45) is 2.22. The van der Waals surface area contributed by atoms with Crippen LogP contribution in [-0.4, -0.2) is 43.6 Å². The van der Waals surface area contributed by atoms with Crippen molar-refractivity contribution in [3.8, 4) is 0 Å². The quantitative estimate of drug-likeness (QED) is 0.282. The molecule has 0 radical (unpaired) electrons. The molecule has 0 bridgehead atoms. The summed E-state index contributed by atoms with van der Waals surface area (Å²) in [7, 11) is 4.03. The Labute approximate surface area is 85.9 Å². The van der Waals surface area contributed by atoms with E-state index in [1.165, 1.54) is 6.08 Å². The molecule has 0 amide bonds. The first kappa shape index (κ1) is 13.3. The molecular weight excluding hydrogens is 180 g/mol. The molecule has 0 rings (SSSR count). The van der Waals surface area contributed by atoms with Crippen molar-refractivity contribution in [2.75, 3.05) is 27.2 Å². The molecule has 0 aliphatic heterocycles. The third-order valence-corrected chi connectivity index (χ3v) is 2.66. The number of rotatable bonds is 7. The smallest absolute Gasteiger partial charge is 0.211 e. The Bertz CT molecular complexity index is 202. The van der Waals surface area contributed by atoms with Crippen LogP contribution in [0.5, 0.6) is 0 Å². The van der Waals surface area contributed by atoms with Crippen LogP contribution >= 0.6 is 0 Å². The van der Waals surface area contributed by atoms with Gasteiger partial charge in [-0.2, -0.15) is 0 Å². The van der Waals surface area contributed by atoms with Crippen LogP contribution in [0.25, 0.3) is 0 Å². The zero-order chi connectivity index (χ0) is 11.2. The summed E-state index contributed by atoms with van der Waals surface area (Å²) >= 11 is 0. The van der Waals surface area contributed by atoms with Gasteiger partial charge in [0.05, 0.1) is 27.2 Å². The molecule has 0 fully saturated rings. The molecular formula is C10H21N2O2+. The van der Waals surface area contributed by atoms with Gasteiger partial charge in [-0.15, -0.1) is 0 Å². The van der Waals surface area contributed by atoms with Crippen LogP contribution in [0.1, 0.15) is 13.3 Å². The Balaban J connectivity index is 4.15. The normalized spacial score (nSPS) is 13.7. The van der Waals surface area contributed by atoms with Gasteiger partial charge in [-0.05, 0) is 13.0 Å². The van der Waals surface area contributed by atoms with Crippen molar-refractivity contribution >= 4 is 5.78 Å². The van der Waals surface area contributed by atoms with Gasteiger partial charge in [0.25, 0.3) is 0 Å². The summed E-state index contributed by atoms with van der Waals surface area (Å²) in [4.78, 5) is 15.9. The van der Waals surface area contributed by atoms with Crippen LogP contribution in [0.15, 0.2) is 12.7 Å². The minimum absolute atomic E-state index is 0.0646. The monoisotopic (exact) mass is 201 g/mol. The lowest BCUT2D eigenvalue weighted by molar-refractivity contribution is -0.903. The highest BCUT2D eigenvalue weighted by atomic mass is 16.6. The van der Waals surface area contributed by atoms with E-state index >= 15 is 0 Å². The van der Waals surface area contributed by atoms with E-state index in [0.717, 1.165) is 13.0 Å². The molecule has 82 valence electrons. The highest BCUT2D eigenvalue weighted by molar-refractivity contribution is 5.92. The maximum Gasteiger partial charge on any atom is 0.211 e. The first-order valence-electron chi connectivity index (χ1n) is 4.76. The van der Waals surface area contributed by atoms with E-state index in [1.807, 2.05) is 21.0 Å². The summed E-state index contributed by atoms with van der Waals surface area (Å²) in [6.45, 7) is 6.78. The Kier molecular flexibility index (Phi) is 5.60. The molecule has 0 saturated heterocycles. The van der Waals surface area contributed by atoms with E-state index < -0.39 is 0 Å². The molecule has 1 unspecified atom stereocenters.